The number of carbonyl (C=O) groups excluding carboxylic acids is 1. The van der Waals surface area contributed by atoms with Gasteiger partial charge in [0.15, 0.2) is 0 Å². The van der Waals surface area contributed by atoms with Gasteiger partial charge in [-0.25, -0.2) is 4.79 Å². The van der Waals surface area contributed by atoms with Crippen molar-refractivity contribution < 1.29 is 24.0 Å². The topological polar surface area (TPSA) is 134 Å². The van der Waals surface area contributed by atoms with Crippen LogP contribution in [0, 0.1) is 21.4 Å². The molecule has 0 radical (unpaired) electrons. The number of nitriles is 1. The standard InChI is InChI=1S/C21H11ClN2O6/c22-18-10-12(4-6-17(18)21(26)27)19-7-5-16(30-19)9-14(11-23)20(25)13-2-1-3-15(8-13)24(28)29/h1-10H,(H,26,27)/b14-9+. The van der Waals surface area contributed by atoms with Gasteiger partial charge in [0.2, 0.25) is 5.78 Å². The molecule has 1 aromatic heterocycles. The van der Waals surface area contributed by atoms with Crippen LogP contribution in [0.3, 0.4) is 0 Å². The van der Waals surface area contributed by atoms with Gasteiger partial charge in [0.05, 0.1) is 15.5 Å². The normalized spacial score (nSPS) is 11.0. The van der Waals surface area contributed by atoms with E-state index in [0.717, 1.165) is 6.07 Å². The fourth-order valence-electron chi connectivity index (χ4n) is 2.63. The van der Waals surface area contributed by atoms with Gasteiger partial charge in [-0.2, -0.15) is 5.26 Å². The van der Waals surface area contributed by atoms with E-state index in [1.165, 1.54) is 48.5 Å². The van der Waals surface area contributed by atoms with Gasteiger partial charge in [-0.05, 0) is 24.3 Å². The second kappa shape index (κ2) is 8.43. The van der Waals surface area contributed by atoms with E-state index >= 15 is 0 Å². The summed E-state index contributed by atoms with van der Waals surface area (Å²) in [5.41, 5.74) is -0.0786. The predicted molar refractivity (Wildman–Crippen MR) is 107 cm³/mol. The van der Waals surface area contributed by atoms with Gasteiger partial charge < -0.3 is 9.52 Å². The smallest absolute Gasteiger partial charge is 0.337 e. The van der Waals surface area contributed by atoms with Crippen LogP contribution >= 0.6 is 11.6 Å². The minimum absolute atomic E-state index is 0.000166. The van der Waals surface area contributed by atoms with E-state index < -0.39 is 16.7 Å². The molecule has 0 aliphatic carbocycles. The highest BCUT2D eigenvalue weighted by atomic mass is 35.5. The second-order valence-corrected chi connectivity index (χ2v) is 6.42. The highest BCUT2D eigenvalue weighted by Crippen LogP contribution is 2.28. The molecule has 0 aliphatic rings. The zero-order valence-electron chi connectivity index (χ0n) is 15.0. The fraction of sp³-hybridized carbons (Fsp3) is 0. The van der Waals surface area contributed by atoms with Crippen LogP contribution in [-0.4, -0.2) is 21.8 Å². The molecule has 0 amide bonds. The molecule has 1 N–H and O–H groups in total. The van der Waals surface area contributed by atoms with E-state index in [-0.39, 0.29) is 33.2 Å². The van der Waals surface area contributed by atoms with E-state index in [1.54, 1.807) is 12.1 Å². The van der Waals surface area contributed by atoms with Gasteiger partial charge in [0.1, 0.15) is 23.2 Å². The van der Waals surface area contributed by atoms with E-state index in [4.69, 9.17) is 21.1 Å². The average molecular weight is 423 g/mol. The van der Waals surface area contributed by atoms with Crippen LogP contribution in [0.2, 0.25) is 5.02 Å². The summed E-state index contributed by atoms with van der Waals surface area (Å²) in [6.45, 7) is 0. The van der Waals surface area contributed by atoms with Crippen molar-refractivity contribution in [2.45, 2.75) is 0 Å². The number of carboxylic acid groups (broad SMARTS) is 1. The zero-order valence-corrected chi connectivity index (χ0v) is 15.8. The maximum Gasteiger partial charge on any atom is 0.337 e. The molecule has 0 aliphatic heterocycles. The van der Waals surface area contributed by atoms with Crippen molar-refractivity contribution in [3.05, 3.63) is 92.2 Å². The number of hydrogen-bond acceptors (Lipinski definition) is 6. The maximum absolute atomic E-state index is 12.5. The summed E-state index contributed by atoms with van der Waals surface area (Å²) < 4.78 is 5.61. The van der Waals surface area contributed by atoms with Crippen molar-refractivity contribution in [3.8, 4) is 17.4 Å². The van der Waals surface area contributed by atoms with Crippen molar-refractivity contribution in [1.29, 1.82) is 5.26 Å². The van der Waals surface area contributed by atoms with Crippen LogP contribution in [-0.2, 0) is 0 Å². The molecule has 0 unspecified atom stereocenters. The van der Waals surface area contributed by atoms with Crippen LogP contribution in [0.25, 0.3) is 17.4 Å². The summed E-state index contributed by atoms with van der Waals surface area (Å²) in [5, 5.41) is 29.3. The quantitative estimate of drug-likeness (QED) is 0.194. The largest absolute Gasteiger partial charge is 0.478 e. The monoisotopic (exact) mass is 422 g/mol. The summed E-state index contributed by atoms with van der Waals surface area (Å²) in [7, 11) is 0. The summed E-state index contributed by atoms with van der Waals surface area (Å²) in [6, 6.07) is 14.2. The van der Waals surface area contributed by atoms with Crippen LogP contribution in [0.1, 0.15) is 26.5 Å². The first kappa shape index (κ1) is 20.5. The Hall–Kier alpha value is -4.22. The number of allylic oxidation sites excluding steroid dienone is 1. The Balaban J connectivity index is 1.90. The minimum atomic E-state index is -1.16. The second-order valence-electron chi connectivity index (χ2n) is 6.01. The first-order valence-electron chi connectivity index (χ1n) is 8.34. The summed E-state index contributed by atoms with van der Waals surface area (Å²) >= 11 is 5.96. The SMILES string of the molecule is N#C/C(=C\c1ccc(-c2ccc(C(=O)O)c(Cl)c2)o1)C(=O)c1cccc([N+](=O)[O-])c1. The number of aromatic carboxylic acids is 1. The van der Waals surface area contributed by atoms with Crippen LogP contribution in [0.5, 0.6) is 0 Å². The Labute approximate surface area is 174 Å². The molecule has 0 bridgehead atoms. The maximum atomic E-state index is 12.5. The molecule has 0 saturated heterocycles. The number of non-ortho nitro benzene ring substituents is 1. The third-order valence-electron chi connectivity index (χ3n) is 4.08. The molecule has 9 heteroatoms. The van der Waals surface area contributed by atoms with Gasteiger partial charge in [-0.1, -0.05) is 29.8 Å². The van der Waals surface area contributed by atoms with E-state index in [1.807, 2.05) is 0 Å². The van der Waals surface area contributed by atoms with Crippen LogP contribution < -0.4 is 0 Å². The lowest BCUT2D eigenvalue weighted by atomic mass is 10.0. The summed E-state index contributed by atoms with van der Waals surface area (Å²) in [5.74, 6) is -1.31. The highest BCUT2D eigenvalue weighted by Gasteiger charge is 2.17. The molecule has 8 nitrogen and oxygen atoms in total. The number of rotatable bonds is 6. The number of halogens is 1. The first-order chi connectivity index (χ1) is 14.3. The molecule has 3 rings (SSSR count). The Bertz CT molecular complexity index is 1250. The van der Waals surface area contributed by atoms with Gasteiger partial charge in [0, 0.05) is 29.3 Å². The number of furan rings is 1. The predicted octanol–water partition coefficient (Wildman–Crippen LogP) is 5.00. The highest BCUT2D eigenvalue weighted by molar-refractivity contribution is 6.33. The Morgan fingerprint density at radius 3 is 2.57 bits per heavy atom. The van der Waals surface area contributed by atoms with Gasteiger partial charge in [-0.15, -0.1) is 0 Å². The fourth-order valence-corrected chi connectivity index (χ4v) is 2.90. The van der Waals surface area contributed by atoms with Crippen molar-refractivity contribution in [2.75, 3.05) is 0 Å². The average Bonchev–Trinajstić information content (AvgIpc) is 3.20. The molecule has 1 heterocycles. The van der Waals surface area contributed by atoms with Crippen LogP contribution in [0.4, 0.5) is 5.69 Å². The number of benzene rings is 2. The lowest BCUT2D eigenvalue weighted by Crippen LogP contribution is -2.02. The molecule has 148 valence electrons. The molecular formula is C21H11ClN2O6. The van der Waals surface area contributed by atoms with E-state index in [2.05, 4.69) is 0 Å². The zero-order chi connectivity index (χ0) is 21.8. The molecule has 3 aromatic rings. The van der Waals surface area contributed by atoms with E-state index in [0.29, 0.717) is 11.3 Å². The molecule has 0 spiro atoms. The number of carbonyl (C=O) groups is 2. The molecule has 30 heavy (non-hydrogen) atoms. The molecule has 0 saturated carbocycles. The molecule has 2 aromatic carbocycles. The molecule has 0 atom stereocenters. The third kappa shape index (κ3) is 4.27. The van der Waals surface area contributed by atoms with Crippen molar-refractivity contribution in [2.24, 2.45) is 0 Å². The number of ketones is 1. The van der Waals surface area contributed by atoms with Gasteiger partial charge in [-0.3, -0.25) is 14.9 Å². The first-order valence-corrected chi connectivity index (χ1v) is 8.72. The lowest BCUT2D eigenvalue weighted by molar-refractivity contribution is -0.384. The van der Waals surface area contributed by atoms with Gasteiger partial charge >= 0.3 is 5.97 Å². The third-order valence-corrected chi connectivity index (χ3v) is 4.39. The van der Waals surface area contributed by atoms with Crippen molar-refractivity contribution in [1.82, 2.24) is 0 Å². The Morgan fingerprint density at radius 1 is 1.17 bits per heavy atom. The minimum Gasteiger partial charge on any atom is -0.478 e. The van der Waals surface area contributed by atoms with Crippen molar-refractivity contribution in [3.63, 3.8) is 0 Å². The number of nitro benzene ring substituents is 1. The summed E-state index contributed by atoms with van der Waals surface area (Å²) in [6.07, 6.45) is 1.22. The number of nitrogens with zero attached hydrogens (tertiary/aromatic N) is 2. The van der Waals surface area contributed by atoms with Gasteiger partial charge in [0.25, 0.3) is 5.69 Å². The lowest BCUT2D eigenvalue weighted by Gasteiger charge is -2.02. The Morgan fingerprint density at radius 2 is 1.93 bits per heavy atom. The number of Topliss-reactive ketones (excluding diaryl/α,β-unsaturated/α-hetero) is 1. The van der Waals surface area contributed by atoms with Crippen molar-refractivity contribution >= 4 is 35.1 Å². The summed E-state index contributed by atoms with van der Waals surface area (Å²) in [4.78, 5) is 33.9. The van der Waals surface area contributed by atoms with E-state index in [9.17, 15) is 25.0 Å². The number of hydrogen-bond donors (Lipinski definition) is 1. The number of carboxylic acids is 1. The number of nitro groups is 1. The molecule has 0 fully saturated rings. The van der Waals surface area contributed by atoms with Crippen LogP contribution in [0.15, 0.2) is 64.6 Å². The Kier molecular flexibility index (Phi) is 5.76. The molecular weight excluding hydrogens is 412 g/mol.